The Morgan fingerprint density at radius 2 is 1.13 bits per heavy atom. The number of halogens is 1. The van der Waals surface area contributed by atoms with Gasteiger partial charge in [-0.2, -0.15) is 0 Å². The molecular weight excluding hydrogens is 391 g/mol. The zero-order valence-corrected chi connectivity index (χ0v) is 15.1. The van der Waals surface area contributed by atoms with E-state index in [4.69, 9.17) is 0 Å². The van der Waals surface area contributed by atoms with Crippen molar-refractivity contribution in [3.63, 3.8) is 0 Å². The van der Waals surface area contributed by atoms with Crippen LogP contribution in [-0.4, -0.2) is 0 Å². The van der Waals surface area contributed by atoms with Gasteiger partial charge in [0.2, 0.25) is 0 Å². The highest BCUT2D eigenvalue weighted by Gasteiger charge is 2.20. The quantitative estimate of drug-likeness (QED) is 0.667. The first-order chi connectivity index (χ1) is 11.2. The van der Waals surface area contributed by atoms with Gasteiger partial charge in [-0.25, -0.2) is 0 Å². The van der Waals surface area contributed by atoms with E-state index in [9.17, 15) is 0 Å². The molecule has 0 saturated carbocycles. The van der Waals surface area contributed by atoms with E-state index in [1.54, 1.807) is 0 Å². The largest absolute Gasteiger partial charge is 0.357 e. The summed E-state index contributed by atoms with van der Waals surface area (Å²) in [6.07, 6.45) is 10.6. The molecule has 0 heterocycles. The molecule has 0 saturated heterocycles. The van der Waals surface area contributed by atoms with Gasteiger partial charge in [-0.05, 0) is 59.4 Å². The van der Waals surface area contributed by atoms with Gasteiger partial charge in [0, 0.05) is 0 Å². The molecule has 0 amide bonds. The van der Waals surface area contributed by atoms with E-state index in [0.717, 1.165) is 12.8 Å². The first kappa shape index (κ1) is 14.7. The molecule has 0 bridgehead atoms. The molecule has 0 nitrogen and oxygen atoms in total. The maximum atomic E-state index is 4.09. The molecule has 2 aliphatic carbocycles. The van der Waals surface area contributed by atoms with Crippen molar-refractivity contribution in [1.82, 2.24) is 0 Å². The van der Waals surface area contributed by atoms with Gasteiger partial charge in [0.1, 0.15) is 0 Å². The van der Waals surface area contributed by atoms with Crippen LogP contribution in [0.3, 0.4) is 0 Å². The lowest BCUT2D eigenvalue weighted by Gasteiger charge is -2.11. The fourth-order valence-corrected chi connectivity index (χ4v) is 5.55. The summed E-state index contributed by atoms with van der Waals surface area (Å²) in [5, 5.41) is 0. The Bertz CT molecular complexity index is 807. The molecule has 2 aromatic carbocycles. The van der Waals surface area contributed by atoms with Crippen molar-refractivity contribution < 1.29 is 21.2 Å². The molecule has 0 N–H and O–H groups in total. The van der Waals surface area contributed by atoms with E-state index in [-0.39, 0.29) is 21.2 Å². The summed E-state index contributed by atoms with van der Waals surface area (Å²) in [6.45, 7) is 8.18. The minimum atomic E-state index is -0.142. The highest BCUT2D eigenvalue weighted by Crippen LogP contribution is 2.22. The monoisotopic (exact) mass is 409 g/mol. The van der Waals surface area contributed by atoms with Crippen LogP contribution in [0.5, 0.6) is 0 Å². The van der Waals surface area contributed by atoms with Crippen molar-refractivity contribution in [2.24, 2.45) is 0 Å². The van der Waals surface area contributed by atoms with Gasteiger partial charge in [-0.3, -0.25) is 0 Å². The van der Waals surface area contributed by atoms with Gasteiger partial charge in [-0.1, -0.05) is 60.7 Å². The Kier molecular flexibility index (Phi) is 3.82. The average molecular weight is 409 g/mol. The van der Waals surface area contributed by atoms with Crippen LogP contribution in [0, 0.1) is 7.14 Å². The van der Waals surface area contributed by atoms with E-state index in [1.165, 1.54) is 40.5 Å². The Hall–Kier alpha value is -1.87. The van der Waals surface area contributed by atoms with Crippen LogP contribution in [-0.2, 0) is 12.8 Å². The lowest BCUT2D eigenvalue weighted by Crippen LogP contribution is -3.61. The molecular formula is C22H18I+. The summed E-state index contributed by atoms with van der Waals surface area (Å²) in [5.41, 5.74) is 7.93. The third-order valence-corrected chi connectivity index (χ3v) is 6.85. The summed E-state index contributed by atoms with van der Waals surface area (Å²) < 4.78 is 2.96. The normalized spacial score (nSPS) is 15.5. The third kappa shape index (κ3) is 3.11. The van der Waals surface area contributed by atoms with Crippen molar-refractivity contribution in [1.29, 1.82) is 0 Å². The van der Waals surface area contributed by atoms with Gasteiger partial charge in [0.15, 0.2) is 7.14 Å². The zero-order chi connectivity index (χ0) is 15.8. The molecule has 4 rings (SSSR count). The highest BCUT2D eigenvalue weighted by molar-refractivity contribution is 5.62. The van der Waals surface area contributed by atoms with Crippen LogP contribution in [0.2, 0.25) is 0 Å². The van der Waals surface area contributed by atoms with Crippen molar-refractivity contribution >= 4 is 12.2 Å². The van der Waals surface area contributed by atoms with Crippen molar-refractivity contribution in [3.05, 3.63) is 102 Å². The standard InChI is InChI=1S/C22H18I/c1-15-3-5-17-7-9-21(13-19(17)11-15)23-22-10-8-18-6-4-16(2)12-20(18)14-22/h3-10,13-14H,1-2,11-12H2/q+1. The summed E-state index contributed by atoms with van der Waals surface area (Å²) >= 11 is -0.142. The van der Waals surface area contributed by atoms with Crippen molar-refractivity contribution in [2.75, 3.05) is 0 Å². The fraction of sp³-hybridized carbons (Fsp3) is 0.0909. The lowest BCUT2D eigenvalue weighted by molar-refractivity contribution is -0.597. The molecule has 23 heavy (non-hydrogen) atoms. The molecule has 112 valence electrons. The van der Waals surface area contributed by atoms with Crippen LogP contribution in [0.1, 0.15) is 22.3 Å². The van der Waals surface area contributed by atoms with Gasteiger partial charge in [0.05, 0.1) is 0 Å². The topological polar surface area (TPSA) is 0 Å². The second-order valence-corrected chi connectivity index (χ2v) is 9.15. The summed E-state index contributed by atoms with van der Waals surface area (Å²) in [4.78, 5) is 0. The fourth-order valence-electron chi connectivity index (χ4n) is 3.05. The Labute approximate surface area is 148 Å². The lowest BCUT2D eigenvalue weighted by atomic mass is 9.95. The summed E-state index contributed by atoms with van der Waals surface area (Å²) in [6, 6.07) is 13.9. The maximum absolute atomic E-state index is 4.09. The summed E-state index contributed by atoms with van der Waals surface area (Å²) in [5.74, 6) is 0. The van der Waals surface area contributed by atoms with Crippen LogP contribution in [0.25, 0.3) is 12.2 Å². The molecule has 0 spiro atoms. The second kappa shape index (κ2) is 5.97. The molecule has 0 fully saturated rings. The first-order valence-corrected chi connectivity index (χ1v) is 9.95. The Morgan fingerprint density at radius 1 is 0.652 bits per heavy atom. The van der Waals surface area contributed by atoms with Crippen LogP contribution in [0.4, 0.5) is 0 Å². The molecule has 0 aromatic heterocycles. The Morgan fingerprint density at radius 3 is 1.61 bits per heavy atom. The number of hydrogen-bond donors (Lipinski definition) is 0. The predicted octanol–water partition coefficient (Wildman–Crippen LogP) is 2.07. The minimum Gasteiger partial charge on any atom is -0.0955 e. The average Bonchev–Trinajstić information content (AvgIpc) is 2.54. The number of fused-ring (bicyclic) bond motifs is 2. The van der Waals surface area contributed by atoms with E-state index in [1.807, 2.05) is 0 Å². The molecule has 1 heteroatoms. The van der Waals surface area contributed by atoms with Crippen molar-refractivity contribution in [3.8, 4) is 0 Å². The van der Waals surface area contributed by atoms with E-state index in [2.05, 4.69) is 73.9 Å². The number of benzene rings is 2. The van der Waals surface area contributed by atoms with Crippen LogP contribution in [0.15, 0.2) is 72.9 Å². The van der Waals surface area contributed by atoms with Gasteiger partial charge in [-0.15, -0.1) is 0 Å². The second-order valence-electron chi connectivity index (χ2n) is 6.12. The van der Waals surface area contributed by atoms with Gasteiger partial charge in [0.25, 0.3) is 0 Å². The predicted molar refractivity (Wildman–Crippen MR) is 94.0 cm³/mol. The summed E-state index contributed by atoms with van der Waals surface area (Å²) in [7, 11) is 0. The van der Waals surface area contributed by atoms with E-state index in [0.29, 0.717) is 0 Å². The molecule has 0 radical (unpaired) electrons. The maximum Gasteiger partial charge on any atom is 0.357 e. The van der Waals surface area contributed by atoms with Crippen LogP contribution < -0.4 is 21.2 Å². The van der Waals surface area contributed by atoms with E-state index < -0.39 is 0 Å². The van der Waals surface area contributed by atoms with E-state index >= 15 is 0 Å². The molecule has 0 aliphatic heterocycles. The zero-order valence-electron chi connectivity index (χ0n) is 13.0. The molecule has 0 atom stereocenters. The molecule has 2 aliphatic rings. The molecule has 0 unspecified atom stereocenters. The Balaban J connectivity index is 1.62. The van der Waals surface area contributed by atoms with Gasteiger partial charge < -0.3 is 0 Å². The number of hydrogen-bond acceptors (Lipinski definition) is 0. The van der Waals surface area contributed by atoms with Crippen molar-refractivity contribution in [2.45, 2.75) is 12.8 Å². The third-order valence-electron chi connectivity index (χ3n) is 4.26. The minimum absolute atomic E-state index is 0.142. The highest BCUT2D eigenvalue weighted by atomic mass is 127. The van der Waals surface area contributed by atoms with Crippen LogP contribution >= 0.6 is 0 Å². The number of allylic oxidation sites excluding steroid dienone is 4. The first-order valence-electron chi connectivity index (χ1n) is 7.80. The smallest absolute Gasteiger partial charge is 0.0955 e. The molecule has 2 aromatic rings. The van der Waals surface area contributed by atoms with Gasteiger partial charge >= 0.3 is 21.2 Å². The number of rotatable bonds is 2. The SMILES string of the molecule is C=C1C=Cc2ccc([I+]c3ccc4c(c3)CC(=C)C=C4)cc2C1.